The van der Waals surface area contributed by atoms with Crippen LogP contribution in [0.4, 0.5) is 4.39 Å². The van der Waals surface area contributed by atoms with Gasteiger partial charge in [0.05, 0.1) is 17.5 Å². The Morgan fingerprint density at radius 2 is 1.92 bits per heavy atom. The van der Waals surface area contributed by atoms with E-state index in [1.807, 2.05) is 18.2 Å². The van der Waals surface area contributed by atoms with Crippen LogP contribution in [0.5, 0.6) is 5.75 Å². The van der Waals surface area contributed by atoms with Crippen molar-refractivity contribution in [1.82, 2.24) is 9.29 Å². The average molecular weight is 360 g/mol. The third-order valence-electron chi connectivity index (χ3n) is 4.61. The first kappa shape index (κ1) is 16.1. The van der Waals surface area contributed by atoms with Gasteiger partial charge < -0.3 is 9.72 Å². The number of H-pyrrole nitrogens is 1. The fourth-order valence-corrected chi connectivity index (χ4v) is 4.73. The summed E-state index contributed by atoms with van der Waals surface area (Å²) in [5.74, 6) is 0.281. The number of nitrogens with one attached hydrogen (secondary N) is 1. The van der Waals surface area contributed by atoms with E-state index in [4.69, 9.17) is 4.74 Å². The molecule has 5 nitrogen and oxygen atoms in total. The fraction of sp³-hybridized carbons (Fsp3) is 0.222. The lowest BCUT2D eigenvalue weighted by Crippen LogP contribution is -2.35. The minimum atomic E-state index is -3.66. The van der Waals surface area contributed by atoms with Crippen molar-refractivity contribution in [3.63, 3.8) is 0 Å². The second-order valence-electron chi connectivity index (χ2n) is 6.01. The van der Waals surface area contributed by atoms with Crippen LogP contribution in [-0.2, 0) is 23.0 Å². The molecule has 7 heteroatoms. The van der Waals surface area contributed by atoms with Gasteiger partial charge >= 0.3 is 0 Å². The van der Waals surface area contributed by atoms with Crippen molar-refractivity contribution in [3.8, 4) is 5.75 Å². The number of rotatable bonds is 3. The molecule has 1 aliphatic rings. The molecule has 1 aromatic heterocycles. The number of halogens is 1. The summed E-state index contributed by atoms with van der Waals surface area (Å²) in [7, 11) is -2.05. The summed E-state index contributed by atoms with van der Waals surface area (Å²) in [6.45, 7) is 0.657. The number of hydrogen-bond donors (Lipinski definition) is 1. The number of nitrogens with zero attached hydrogens (tertiary/aromatic N) is 1. The van der Waals surface area contributed by atoms with Crippen molar-refractivity contribution in [2.75, 3.05) is 13.7 Å². The van der Waals surface area contributed by atoms with Gasteiger partial charge in [0.1, 0.15) is 11.6 Å². The molecule has 0 amide bonds. The van der Waals surface area contributed by atoms with Gasteiger partial charge in [0.2, 0.25) is 10.0 Å². The highest BCUT2D eigenvalue weighted by atomic mass is 32.2. The minimum absolute atomic E-state index is 0.106. The van der Waals surface area contributed by atoms with Gasteiger partial charge in [-0.3, -0.25) is 0 Å². The van der Waals surface area contributed by atoms with E-state index in [-0.39, 0.29) is 11.4 Å². The van der Waals surface area contributed by atoms with Crippen molar-refractivity contribution in [3.05, 3.63) is 59.5 Å². The molecule has 25 heavy (non-hydrogen) atoms. The fourth-order valence-electron chi connectivity index (χ4n) is 3.32. The molecule has 0 unspecified atom stereocenters. The topological polar surface area (TPSA) is 62.4 Å². The van der Waals surface area contributed by atoms with Crippen LogP contribution in [-0.4, -0.2) is 31.4 Å². The van der Waals surface area contributed by atoms with Crippen LogP contribution < -0.4 is 4.74 Å². The average Bonchev–Trinajstić information content (AvgIpc) is 3.00. The molecule has 1 aliphatic heterocycles. The highest BCUT2D eigenvalue weighted by molar-refractivity contribution is 7.89. The molecule has 2 aromatic carbocycles. The number of benzene rings is 2. The van der Waals surface area contributed by atoms with Gasteiger partial charge in [-0.2, -0.15) is 4.31 Å². The third-order valence-corrected chi connectivity index (χ3v) is 6.47. The number of ether oxygens (including phenoxy) is 1. The number of para-hydroxylation sites is 1. The van der Waals surface area contributed by atoms with Gasteiger partial charge in [-0.1, -0.05) is 12.1 Å². The van der Waals surface area contributed by atoms with E-state index in [0.29, 0.717) is 13.0 Å². The first-order valence-corrected chi connectivity index (χ1v) is 9.37. The van der Waals surface area contributed by atoms with Gasteiger partial charge in [-0.15, -0.1) is 0 Å². The summed E-state index contributed by atoms with van der Waals surface area (Å²) in [5.41, 5.74) is 2.88. The van der Waals surface area contributed by atoms with E-state index in [2.05, 4.69) is 4.98 Å². The van der Waals surface area contributed by atoms with Crippen LogP contribution in [0.15, 0.2) is 47.4 Å². The molecule has 0 radical (unpaired) electrons. The Kier molecular flexibility index (Phi) is 3.77. The molecule has 1 N–H and O–H groups in total. The molecule has 0 saturated carbocycles. The Bertz CT molecular complexity index is 1040. The van der Waals surface area contributed by atoms with Gasteiger partial charge in [-0.05, 0) is 35.9 Å². The van der Waals surface area contributed by atoms with Crippen molar-refractivity contribution in [2.24, 2.45) is 0 Å². The number of aromatic amines is 1. The number of methoxy groups -OCH3 is 1. The molecule has 0 spiro atoms. The molecule has 0 fully saturated rings. The maximum absolute atomic E-state index is 13.1. The van der Waals surface area contributed by atoms with Crippen molar-refractivity contribution >= 4 is 20.9 Å². The predicted octanol–water partition coefficient (Wildman–Crippen LogP) is 3.06. The van der Waals surface area contributed by atoms with Gasteiger partial charge in [0.15, 0.2) is 0 Å². The number of sulfonamides is 1. The molecule has 2 heterocycles. The lowest BCUT2D eigenvalue weighted by molar-refractivity contribution is 0.391. The Hall–Kier alpha value is -2.38. The maximum Gasteiger partial charge on any atom is 0.243 e. The zero-order valence-corrected chi connectivity index (χ0v) is 14.4. The lowest BCUT2D eigenvalue weighted by atomic mass is 10.1. The van der Waals surface area contributed by atoms with Crippen LogP contribution in [0.3, 0.4) is 0 Å². The third kappa shape index (κ3) is 2.60. The van der Waals surface area contributed by atoms with Crippen molar-refractivity contribution in [2.45, 2.75) is 17.9 Å². The SMILES string of the molecule is COc1cccc2c3c([nH]c12)CCN(S(=O)(=O)c1ccc(F)cc1)C3. The van der Waals surface area contributed by atoms with Crippen LogP contribution in [0.1, 0.15) is 11.3 Å². The zero-order chi connectivity index (χ0) is 17.6. The van der Waals surface area contributed by atoms with Crippen molar-refractivity contribution in [1.29, 1.82) is 0 Å². The number of fused-ring (bicyclic) bond motifs is 3. The second-order valence-corrected chi connectivity index (χ2v) is 7.95. The summed E-state index contributed by atoms with van der Waals surface area (Å²) in [5, 5.41) is 0.966. The van der Waals surface area contributed by atoms with E-state index < -0.39 is 15.8 Å². The van der Waals surface area contributed by atoms with Crippen molar-refractivity contribution < 1.29 is 17.5 Å². The van der Waals surface area contributed by atoms with Crippen LogP contribution in [0.25, 0.3) is 10.9 Å². The second kappa shape index (κ2) is 5.86. The standard InChI is InChI=1S/C18H17FN2O3S/c1-24-17-4-2-3-14-15-11-21(10-9-16(15)20-18(14)17)25(22,23)13-7-5-12(19)6-8-13/h2-8,20H,9-11H2,1H3. The summed E-state index contributed by atoms with van der Waals surface area (Å²) in [6, 6.07) is 10.7. The smallest absolute Gasteiger partial charge is 0.243 e. The minimum Gasteiger partial charge on any atom is -0.495 e. The molecule has 0 saturated heterocycles. The Balaban J connectivity index is 1.74. The first-order valence-electron chi connectivity index (χ1n) is 7.93. The van der Waals surface area contributed by atoms with E-state index in [9.17, 15) is 12.8 Å². The van der Waals surface area contributed by atoms with E-state index in [1.54, 1.807) is 7.11 Å². The molecule has 3 aromatic rings. The van der Waals surface area contributed by atoms with Gasteiger partial charge in [-0.25, -0.2) is 12.8 Å². The molecular weight excluding hydrogens is 343 g/mol. The summed E-state index contributed by atoms with van der Waals surface area (Å²) in [4.78, 5) is 3.46. The number of aromatic nitrogens is 1. The lowest BCUT2D eigenvalue weighted by Gasteiger charge is -2.26. The highest BCUT2D eigenvalue weighted by Gasteiger charge is 2.30. The molecule has 4 rings (SSSR count). The van der Waals surface area contributed by atoms with E-state index in [1.165, 1.54) is 28.6 Å². The molecule has 130 valence electrons. The Morgan fingerprint density at radius 1 is 1.16 bits per heavy atom. The largest absolute Gasteiger partial charge is 0.495 e. The van der Waals surface area contributed by atoms with Crippen LogP contribution in [0.2, 0.25) is 0 Å². The number of hydrogen-bond acceptors (Lipinski definition) is 3. The Morgan fingerprint density at radius 3 is 2.64 bits per heavy atom. The molecule has 0 aliphatic carbocycles. The maximum atomic E-state index is 13.1. The molecule has 0 bridgehead atoms. The summed E-state index contributed by atoms with van der Waals surface area (Å²) >= 11 is 0. The van der Waals surface area contributed by atoms with E-state index >= 15 is 0 Å². The van der Waals surface area contributed by atoms with Gasteiger partial charge in [0, 0.05) is 30.6 Å². The molecular formula is C18H17FN2O3S. The first-order chi connectivity index (χ1) is 12.0. The van der Waals surface area contributed by atoms with Gasteiger partial charge in [0.25, 0.3) is 0 Å². The predicted molar refractivity (Wildman–Crippen MR) is 92.6 cm³/mol. The molecule has 0 atom stereocenters. The highest BCUT2D eigenvalue weighted by Crippen LogP contribution is 2.34. The normalized spacial score (nSPS) is 15.3. The quantitative estimate of drug-likeness (QED) is 0.781. The Labute approximate surface area is 145 Å². The summed E-state index contributed by atoms with van der Waals surface area (Å²) < 4.78 is 45.6. The van der Waals surface area contributed by atoms with E-state index in [0.717, 1.165) is 27.9 Å². The van der Waals surface area contributed by atoms with Crippen LogP contribution >= 0.6 is 0 Å². The van der Waals surface area contributed by atoms with Crippen LogP contribution in [0, 0.1) is 5.82 Å². The monoisotopic (exact) mass is 360 g/mol. The zero-order valence-electron chi connectivity index (χ0n) is 13.6. The summed E-state index contributed by atoms with van der Waals surface area (Å²) in [6.07, 6.45) is 0.591.